The van der Waals surface area contributed by atoms with Crippen LogP contribution in [0.15, 0.2) is 53.4 Å². The summed E-state index contributed by atoms with van der Waals surface area (Å²) in [4.78, 5) is 12.2. The minimum Gasteiger partial charge on any atom is -0.495 e. The third-order valence-corrected chi connectivity index (χ3v) is 6.28. The van der Waals surface area contributed by atoms with E-state index in [0.717, 1.165) is 16.4 Å². The average Bonchev–Trinajstić information content (AvgIpc) is 2.71. The second-order valence-electron chi connectivity index (χ2n) is 6.88. The van der Waals surface area contributed by atoms with Crippen molar-refractivity contribution >= 4 is 22.0 Å². The van der Waals surface area contributed by atoms with Gasteiger partial charge in [0.25, 0.3) is 0 Å². The van der Waals surface area contributed by atoms with Gasteiger partial charge >= 0.3 is 6.18 Å². The summed E-state index contributed by atoms with van der Waals surface area (Å²) in [6.07, 6.45) is -1.89. The molecule has 0 heterocycles. The van der Waals surface area contributed by atoms with E-state index in [0.29, 0.717) is 11.1 Å². The standard InChI is InChI=1S/C21H23F3N2O4S/c1-14(16-6-5-7-17(13-16)21(22,23)24)25-20(27)11-9-15-8-10-18(30-4)19(12-15)31(28,29)26(2)3/h5-14H,1-4H3,(H,25,27)/b11-9+. The first-order valence-corrected chi connectivity index (χ1v) is 10.6. The van der Waals surface area contributed by atoms with Gasteiger partial charge in [-0.3, -0.25) is 4.79 Å². The number of methoxy groups -OCH3 is 1. The van der Waals surface area contributed by atoms with Gasteiger partial charge in [-0.25, -0.2) is 12.7 Å². The molecule has 2 aromatic carbocycles. The number of carbonyl (C=O) groups excluding carboxylic acids is 1. The number of halogens is 3. The third-order valence-electron chi connectivity index (χ3n) is 4.45. The average molecular weight is 456 g/mol. The lowest BCUT2D eigenvalue weighted by atomic mass is 10.0. The van der Waals surface area contributed by atoms with Crippen molar-refractivity contribution < 1.29 is 31.1 Å². The Labute approximate surface area is 179 Å². The van der Waals surface area contributed by atoms with Crippen molar-refractivity contribution in [3.8, 4) is 5.75 Å². The minimum absolute atomic E-state index is 0.0557. The topological polar surface area (TPSA) is 75.7 Å². The number of nitrogens with one attached hydrogen (secondary N) is 1. The lowest BCUT2D eigenvalue weighted by molar-refractivity contribution is -0.137. The van der Waals surface area contributed by atoms with Gasteiger partial charge in [-0.2, -0.15) is 13.2 Å². The van der Waals surface area contributed by atoms with Gasteiger partial charge in [0, 0.05) is 20.2 Å². The number of nitrogens with zero attached hydrogens (tertiary/aromatic N) is 1. The maximum Gasteiger partial charge on any atom is 0.416 e. The molecule has 0 saturated carbocycles. The molecule has 168 valence electrons. The fraction of sp³-hybridized carbons (Fsp3) is 0.286. The number of amides is 1. The zero-order valence-electron chi connectivity index (χ0n) is 17.4. The van der Waals surface area contributed by atoms with Crippen LogP contribution in [-0.4, -0.2) is 39.8 Å². The van der Waals surface area contributed by atoms with Crippen LogP contribution in [0.4, 0.5) is 13.2 Å². The predicted octanol–water partition coefficient (Wildman–Crippen LogP) is 3.85. The van der Waals surface area contributed by atoms with Gasteiger partial charge in [0.05, 0.1) is 18.7 Å². The molecule has 0 aromatic heterocycles. The molecular formula is C21H23F3N2O4S. The number of ether oxygens (including phenoxy) is 1. The normalized spacial score (nSPS) is 13.4. The summed E-state index contributed by atoms with van der Waals surface area (Å²) < 4.78 is 69.7. The van der Waals surface area contributed by atoms with Gasteiger partial charge in [-0.05, 0) is 48.4 Å². The van der Waals surface area contributed by atoms with Crippen molar-refractivity contribution in [3.63, 3.8) is 0 Å². The van der Waals surface area contributed by atoms with E-state index in [1.165, 1.54) is 57.6 Å². The highest BCUT2D eigenvalue weighted by atomic mass is 32.2. The van der Waals surface area contributed by atoms with Crippen LogP contribution >= 0.6 is 0 Å². The SMILES string of the molecule is COc1ccc(/C=C/C(=O)NC(C)c2cccc(C(F)(F)F)c2)cc1S(=O)(=O)N(C)C. The van der Waals surface area contributed by atoms with E-state index in [9.17, 15) is 26.4 Å². The molecule has 0 aliphatic rings. The maximum absolute atomic E-state index is 12.9. The van der Waals surface area contributed by atoms with Crippen molar-refractivity contribution in [1.29, 1.82) is 0 Å². The zero-order valence-corrected chi connectivity index (χ0v) is 18.2. The predicted molar refractivity (Wildman–Crippen MR) is 111 cm³/mol. The Bertz CT molecular complexity index is 1080. The van der Waals surface area contributed by atoms with Gasteiger partial charge in [0.15, 0.2) is 0 Å². The van der Waals surface area contributed by atoms with E-state index in [-0.39, 0.29) is 10.6 Å². The molecule has 31 heavy (non-hydrogen) atoms. The van der Waals surface area contributed by atoms with Crippen molar-refractivity contribution in [2.45, 2.75) is 24.0 Å². The monoisotopic (exact) mass is 456 g/mol. The number of hydrogen-bond donors (Lipinski definition) is 1. The van der Waals surface area contributed by atoms with E-state index in [4.69, 9.17) is 4.74 Å². The molecule has 0 aliphatic heterocycles. The van der Waals surface area contributed by atoms with Crippen molar-refractivity contribution in [2.24, 2.45) is 0 Å². The highest BCUT2D eigenvalue weighted by Crippen LogP contribution is 2.31. The van der Waals surface area contributed by atoms with Crippen LogP contribution in [0.25, 0.3) is 6.08 Å². The minimum atomic E-state index is -4.47. The van der Waals surface area contributed by atoms with E-state index >= 15 is 0 Å². The molecule has 6 nitrogen and oxygen atoms in total. The van der Waals surface area contributed by atoms with E-state index in [1.807, 2.05) is 0 Å². The summed E-state index contributed by atoms with van der Waals surface area (Å²) in [7, 11) is 0.357. The van der Waals surface area contributed by atoms with Crippen molar-refractivity contribution in [1.82, 2.24) is 9.62 Å². The first-order valence-electron chi connectivity index (χ1n) is 9.12. The molecule has 0 saturated heterocycles. The van der Waals surface area contributed by atoms with Crippen LogP contribution in [0.3, 0.4) is 0 Å². The summed E-state index contributed by atoms with van der Waals surface area (Å²) in [6, 6.07) is 8.46. The Kier molecular flexibility index (Phi) is 7.50. The molecule has 0 bridgehead atoms. The molecule has 2 rings (SSSR count). The van der Waals surface area contributed by atoms with E-state index in [2.05, 4.69) is 5.32 Å². The molecule has 1 amide bonds. The number of benzene rings is 2. The maximum atomic E-state index is 12.9. The van der Waals surface area contributed by atoms with Gasteiger partial charge in [-0.15, -0.1) is 0 Å². The summed E-state index contributed by atoms with van der Waals surface area (Å²) in [5.74, 6) is -0.383. The molecule has 0 aliphatic carbocycles. The molecule has 0 spiro atoms. The number of carbonyl (C=O) groups is 1. The molecule has 0 radical (unpaired) electrons. The van der Waals surface area contributed by atoms with Gasteiger partial charge in [0.1, 0.15) is 10.6 Å². The van der Waals surface area contributed by atoms with Gasteiger partial charge < -0.3 is 10.1 Å². The number of hydrogen-bond acceptors (Lipinski definition) is 4. The van der Waals surface area contributed by atoms with Crippen LogP contribution in [0.2, 0.25) is 0 Å². The molecule has 1 atom stereocenters. The fourth-order valence-electron chi connectivity index (χ4n) is 2.70. The van der Waals surface area contributed by atoms with Crippen molar-refractivity contribution in [3.05, 3.63) is 65.2 Å². The second-order valence-corrected chi connectivity index (χ2v) is 9.00. The van der Waals surface area contributed by atoms with Gasteiger partial charge in [-0.1, -0.05) is 18.2 Å². The quantitative estimate of drug-likeness (QED) is 0.642. The zero-order chi connectivity index (χ0) is 23.4. The van der Waals surface area contributed by atoms with Crippen LogP contribution in [-0.2, 0) is 21.0 Å². The Morgan fingerprint density at radius 3 is 2.42 bits per heavy atom. The number of alkyl halides is 3. The highest BCUT2D eigenvalue weighted by molar-refractivity contribution is 7.89. The molecule has 1 unspecified atom stereocenters. The Morgan fingerprint density at radius 1 is 1.16 bits per heavy atom. The lowest BCUT2D eigenvalue weighted by Gasteiger charge is -2.15. The first-order chi connectivity index (χ1) is 14.4. The second kappa shape index (κ2) is 9.52. The Hall–Kier alpha value is -2.85. The van der Waals surface area contributed by atoms with E-state index < -0.39 is 33.7 Å². The summed E-state index contributed by atoms with van der Waals surface area (Å²) in [6.45, 7) is 1.57. The van der Waals surface area contributed by atoms with Gasteiger partial charge in [0.2, 0.25) is 15.9 Å². The lowest BCUT2D eigenvalue weighted by Crippen LogP contribution is -2.25. The smallest absolute Gasteiger partial charge is 0.416 e. The van der Waals surface area contributed by atoms with E-state index in [1.54, 1.807) is 13.0 Å². The van der Waals surface area contributed by atoms with Crippen LogP contribution in [0.5, 0.6) is 5.75 Å². The summed E-state index contributed by atoms with van der Waals surface area (Å²) in [5.41, 5.74) is -0.0574. The Morgan fingerprint density at radius 2 is 1.84 bits per heavy atom. The molecule has 1 N–H and O–H groups in total. The van der Waals surface area contributed by atoms with Crippen LogP contribution < -0.4 is 10.1 Å². The third kappa shape index (κ3) is 6.08. The molecular weight excluding hydrogens is 433 g/mol. The Balaban J connectivity index is 2.18. The fourth-order valence-corrected chi connectivity index (χ4v) is 3.78. The number of sulfonamides is 1. The largest absolute Gasteiger partial charge is 0.495 e. The first kappa shape index (κ1) is 24.4. The summed E-state index contributed by atoms with van der Waals surface area (Å²) in [5, 5.41) is 2.59. The molecule has 0 fully saturated rings. The number of rotatable bonds is 7. The summed E-state index contributed by atoms with van der Waals surface area (Å²) >= 11 is 0. The highest BCUT2D eigenvalue weighted by Gasteiger charge is 2.30. The van der Waals surface area contributed by atoms with Crippen molar-refractivity contribution in [2.75, 3.05) is 21.2 Å². The van der Waals surface area contributed by atoms with Crippen LogP contribution in [0, 0.1) is 0 Å². The molecule has 10 heteroatoms. The molecule has 2 aromatic rings. The van der Waals surface area contributed by atoms with Crippen LogP contribution in [0.1, 0.15) is 29.7 Å².